The average Bonchev–Trinajstić information content (AvgIpc) is 2.66. The molecule has 0 atom stereocenters. The Hall–Kier alpha value is -1.92. The van der Waals surface area contributed by atoms with E-state index in [4.69, 9.17) is 0 Å². The van der Waals surface area contributed by atoms with Crippen molar-refractivity contribution < 1.29 is 18.6 Å². The summed E-state index contributed by atoms with van der Waals surface area (Å²) in [5, 5.41) is 6.21. The molecule has 0 bridgehead atoms. The van der Waals surface area contributed by atoms with Crippen molar-refractivity contribution in [1.29, 1.82) is 0 Å². The normalized spacial score (nSPS) is 20.4. The van der Waals surface area contributed by atoms with Gasteiger partial charge in [0.05, 0.1) is 40.3 Å². The van der Waals surface area contributed by atoms with Gasteiger partial charge in [0.2, 0.25) is 0 Å². The Bertz CT molecular complexity index is 716. The Kier molecular flexibility index (Phi) is 7.19. The van der Waals surface area contributed by atoms with E-state index in [0.717, 1.165) is 57.6 Å². The second-order valence-corrected chi connectivity index (χ2v) is 10.1. The van der Waals surface area contributed by atoms with Crippen LogP contribution in [0.15, 0.2) is 12.1 Å². The van der Waals surface area contributed by atoms with Crippen LogP contribution in [0.2, 0.25) is 0 Å². The number of piperidine rings is 2. The number of anilines is 2. The standard InChI is InChI=1S/C24H38N4O2/c1-19-15-20(2)22(26-24(30)18-28(4)13-9-6-10-14-28)16-21(19)25-23(29)17-27(3)11-7-5-8-12-27/h15-16H,5-14,17-18H2,1-4H3/p+2. The third kappa shape index (κ3) is 6.05. The fraction of sp³-hybridized carbons (Fsp3) is 0.667. The fourth-order valence-electron chi connectivity index (χ4n) is 5.06. The van der Waals surface area contributed by atoms with E-state index in [1.165, 1.54) is 38.5 Å². The lowest BCUT2D eigenvalue weighted by Gasteiger charge is -2.37. The summed E-state index contributed by atoms with van der Waals surface area (Å²) in [7, 11) is 4.35. The summed E-state index contributed by atoms with van der Waals surface area (Å²) in [5.41, 5.74) is 3.64. The summed E-state index contributed by atoms with van der Waals surface area (Å²) in [6.07, 6.45) is 7.32. The topological polar surface area (TPSA) is 58.2 Å². The first-order valence-corrected chi connectivity index (χ1v) is 11.6. The van der Waals surface area contributed by atoms with E-state index >= 15 is 0 Å². The Morgan fingerprint density at radius 2 is 1.07 bits per heavy atom. The van der Waals surface area contributed by atoms with Crippen molar-refractivity contribution in [3.8, 4) is 0 Å². The smallest absolute Gasteiger partial charge is 0.279 e. The number of hydrogen-bond donors (Lipinski definition) is 2. The van der Waals surface area contributed by atoms with Gasteiger partial charge in [0, 0.05) is 11.4 Å². The van der Waals surface area contributed by atoms with Gasteiger partial charge >= 0.3 is 0 Å². The highest BCUT2D eigenvalue weighted by Crippen LogP contribution is 2.26. The average molecular weight is 417 g/mol. The molecule has 166 valence electrons. The SMILES string of the molecule is Cc1cc(C)c(NC(=O)C[N+]2(C)CCCCC2)cc1NC(=O)C[N+]1(C)CCCCC1. The van der Waals surface area contributed by atoms with E-state index in [1.807, 2.05) is 26.0 Å². The van der Waals surface area contributed by atoms with Gasteiger partial charge in [0.25, 0.3) is 11.8 Å². The van der Waals surface area contributed by atoms with Crippen LogP contribution in [0.5, 0.6) is 0 Å². The molecule has 0 radical (unpaired) electrons. The molecule has 0 aliphatic carbocycles. The van der Waals surface area contributed by atoms with Crippen LogP contribution in [0.1, 0.15) is 49.7 Å². The van der Waals surface area contributed by atoms with E-state index < -0.39 is 0 Å². The molecule has 0 unspecified atom stereocenters. The maximum atomic E-state index is 12.7. The van der Waals surface area contributed by atoms with Gasteiger partial charge in [-0.25, -0.2) is 0 Å². The summed E-state index contributed by atoms with van der Waals surface area (Å²) in [6.45, 7) is 9.29. The zero-order valence-corrected chi connectivity index (χ0v) is 19.4. The van der Waals surface area contributed by atoms with Crippen molar-refractivity contribution >= 4 is 23.2 Å². The predicted molar refractivity (Wildman–Crippen MR) is 122 cm³/mol. The van der Waals surface area contributed by atoms with Crippen molar-refractivity contribution in [1.82, 2.24) is 0 Å². The second-order valence-electron chi connectivity index (χ2n) is 10.1. The van der Waals surface area contributed by atoms with Crippen LogP contribution in [0.3, 0.4) is 0 Å². The van der Waals surface area contributed by atoms with Crippen molar-refractivity contribution in [2.45, 2.75) is 52.4 Å². The molecule has 1 aromatic carbocycles. The highest BCUT2D eigenvalue weighted by Gasteiger charge is 2.29. The molecule has 3 rings (SSSR count). The van der Waals surface area contributed by atoms with E-state index in [2.05, 4.69) is 24.7 Å². The van der Waals surface area contributed by atoms with Crippen LogP contribution in [0.25, 0.3) is 0 Å². The number of likely N-dealkylation sites (N-methyl/N-ethyl adjacent to an activating group) is 2. The predicted octanol–water partition coefficient (Wildman–Crippen LogP) is 3.44. The van der Waals surface area contributed by atoms with E-state index in [1.54, 1.807) is 0 Å². The van der Waals surface area contributed by atoms with Crippen LogP contribution in [-0.2, 0) is 9.59 Å². The first kappa shape index (κ1) is 22.8. The lowest BCUT2D eigenvalue weighted by atomic mass is 10.1. The van der Waals surface area contributed by atoms with Gasteiger partial charge < -0.3 is 19.6 Å². The minimum atomic E-state index is 0.0509. The molecular formula is C24H40N4O2+2. The van der Waals surface area contributed by atoms with E-state index in [0.29, 0.717) is 13.1 Å². The molecule has 2 amide bonds. The molecule has 0 spiro atoms. The number of amides is 2. The Labute approximate surface area is 181 Å². The molecule has 2 saturated heterocycles. The zero-order valence-electron chi connectivity index (χ0n) is 19.4. The monoisotopic (exact) mass is 416 g/mol. The highest BCUT2D eigenvalue weighted by atomic mass is 16.2. The van der Waals surface area contributed by atoms with Gasteiger partial charge in [-0.3, -0.25) is 9.59 Å². The molecule has 0 saturated carbocycles. The molecule has 2 aliphatic rings. The zero-order chi connectivity index (χ0) is 21.8. The molecule has 2 fully saturated rings. The number of nitrogens with one attached hydrogen (secondary N) is 2. The lowest BCUT2D eigenvalue weighted by Crippen LogP contribution is -2.52. The second kappa shape index (κ2) is 9.48. The summed E-state index contributed by atoms with van der Waals surface area (Å²) >= 11 is 0. The molecular weight excluding hydrogens is 376 g/mol. The van der Waals surface area contributed by atoms with Crippen molar-refractivity contribution in [3.63, 3.8) is 0 Å². The molecule has 0 aromatic heterocycles. The number of nitrogens with zero attached hydrogens (tertiary/aromatic N) is 2. The molecule has 1 aromatic rings. The Morgan fingerprint density at radius 3 is 1.43 bits per heavy atom. The number of quaternary nitrogens is 2. The van der Waals surface area contributed by atoms with Gasteiger partial charge in [-0.2, -0.15) is 0 Å². The van der Waals surface area contributed by atoms with E-state index in [9.17, 15) is 9.59 Å². The van der Waals surface area contributed by atoms with Gasteiger partial charge in [-0.1, -0.05) is 6.07 Å². The molecule has 2 N–H and O–H groups in total. The van der Waals surface area contributed by atoms with Gasteiger partial charge in [0.1, 0.15) is 0 Å². The van der Waals surface area contributed by atoms with Crippen molar-refractivity contribution in [3.05, 3.63) is 23.3 Å². The number of rotatable bonds is 6. The van der Waals surface area contributed by atoms with Gasteiger partial charge in [0.15, 0.2) is 13.1 Å². The molecule has 30 heavy (non-hydrogen) atoms. The molecule has 6 nitrogen and oxygen atoms in total. The number of carbonyl (C=O) groups excluding carboxylic acids is 2. The third-order valence-corrected chi connectivity index (χ3v) is 6.96. The number of likely N-dealkylation sites (tertiary alicyclic amines) is 2. The number of hydrogen-bond acceptors (Lipinski definition) is 2. The van der Waals surface area contributed by atoms with Crippen molar-refractivity contribution in [2.24, 2.45) is 0 Å². The first-order chi connectivity index (χ1) is 14.2. The first-order valence-electron chi connectivity index (χ1n) is 11.6. The van der Waals surface area contributed by atoms with Crippen LogP contribution < -0.4 is 10.6 Å². The number of benzene rings is 1. The maximum absolute atomic E-state index is 12.7. The largest absolute Gasteiger partial charge is 0.321 e. The summed E-state index contributed by atoms with van der Waals surface area (Å²) in [4.78, 5) is 25.5. The molecule has 2 aliphatic heterocycles. The van der Waals surface area contributed by atoms with Crippen LogP contribution >= 0.6 is 0 Å². The van der Waals surface area contributed by atoms with Crippen LogP contribution in [0, 0.1) is 13.8 Å². The van der Waals surface area contributed by atoms with Crippen LogP contribution in [0.4, 0.5) is 11.4 Å². The highest BCUT2D eigenvalue weighted by molar-refractivity contribution is 5.96. The minimum absolute atomic E-state index is 0.0509. The Balaban J connectivity index is 1.64. The summed E-state index contributed by atoms with van der Waals surface area (Å²) < 4.78 is 1.63. The summed E-state index contributed by atoms with van der Waals surface area (Å²) in [6, 6.07) is 3.96. The van der Waals surface area contributed by atoms with Gasteiger partial charge in [-0.15, -0.1) is 0 Å². The molecule has 2 heterocycles. The number of aryl methyl sites for hydroxylation is 2. The quantitative estimate of drug-likeness (QED) is 0.698. The van der Waals surface area contributed by atoms with Crippen molar-refractivity contribution in [2.75, 3.05) is 64.0 Å². The minimum Gasteiger partial charge on any atom is -0.321 e. The van der Waals surface area contributed by atoms with E-state index in [-0.39, 0.29) is 11.8 Å². The maximum Gasteiger partial charge on any atom is 0.279 e. The number of carbonyl (C=O) groups is 2. The third-order valence-electron chi connectivity index (χ3n) is 6.96. The van der Waals surface area contributed by atoms with Gasteiger partial charge in [-0.05, 0) is 69.6 Å². The van der Waals surface area contributed by atoms with Crippen LogP contribution in [-0.4, -0.2) is 74.1 Å². The fourth-order valence-corrected chi connectivity index (χ4v) is 5.06. The molecule has 6 heteroatoms. The Morgan fingerprint density at radius 1 is 0.700 bits per heavy atom. The lowest BCUT2D eigenvalue weighted by molar-refractivity contribution is -0.906. The summed E-state index contributed by atoms with van der Waals surface area (Å²) in [5.74, 6) is 0.102.